The smallest absolute Gasteiger partial charge is 0.257 e. The molecular formula is C17H16N2O3. The Hall–Kier alpha value is -3.00. The number of nitrogens with one attached hydrogen (secondary N) is 1. The Balaban J connectivity index is 1.92. The van der Waals surface area contributed by atoms with Gasteiger partial charge in [0.1, 0.15) is 18.1 Å². The predicted molar refractivity (Wildman–Crippen MR) is 81.5 cm³/mol. The van der Waals surface area contributed by atoms with Crippen molar-refractivity contribution in [3.63, 3.8) is 0 Å². The second kappa shape index (κ2) is 7.70. The first-order chi connectivity index (χ1) is 10.7. The van der Waals surface area contributed by atoms with Gasteiger partial charge in [-0.1, -0.05) is 18.2 Å². The minimum Gasteiger partial charge on any atom is -0.489 e. The zero-order chi connectivity index (χ0) is 15.8. The second-order valence-electron chi connectivity index (χ2n) is 4.53. The third kappa shape index (κ3) is 4.53. The molecule has 2 rings (SSSR count). The zero-order valence-electron chi connectivity index (χ0n) is 12.2. The van der Waals surface area contributed by atoms with Gasteiger partial charge < -0.3 is 14.8 Å². The van der Waals surface area contributed by atoms with Gasteiger partial charge in [0.15, 0.2) is 6.61 Å². The first kappa shape index (κ1) is 15.4. The standard InChI is InChI=1S/C17H16N2O3/c1-19-17(20)12-22-16-4-2-3-15(9-16)21-11-14-7-5-13(10-18)6-8-14/h2-9H,11-12H2,1H3,(H,19,20). The number of rotatable bonds is 6. The summed E-state index contributed by atoms with van der Waals surface area (Å²) in [6.07, 6.45) is 0. The van der Waals surface area contributed by atoms with Crippen molar-refractivity contribution in [1.82, 2.24) is 5.32 Å². The van der Waals surface area contributed by atoms with E-state index in [2.05, 4.69) is 11.4 Å². The molecule has 112 valence electrons. The van der Waals surface area contributed by atoms with Crippen LogP contribution in [-0.2, 0) is 11.4 Å². The molecule has 0 aliphatic heterocycles. The molecule has 0 saturated heterocycles. The van der Waals surface area contributed by atoms with E-state index in [1.165, 1.54) is 0 Å². The van der Waals surface area contributed by atoms with Gasteiger partial charge in [-0.3, -0.25) is 4.79 Å². The van der Waals surface area contributed by atoms with E-state index in [1.807, 2.05) is 18.2 Å². The van der Waals surface area contributed by atoms with Crippen molar-refractivity contribution < 1.29 is 14.3 Å². The molecule has 1 N–H and O–H groups in total. The highest BCUT2D eigenvalue weighted by Gasteiger charge is 2.02. The Morgan fingerprint density at radius 2 is 1.82 bits per heavy atom. The van der Waals surface area contributed by atoms with Crippen LogP contribution in [0.1, 0.15) is 11.1 Å². The Bertz CT molecular complexity index is 675. The lowest BCUT2D eigenvalue weighted by Crippen LogP contribution is -2.24. The van der Waals surface area contributed by atoms with Gasteiger partial charge in [-0.15, -0.1) is 0 Å². The Morgan fingerprint density at radius 1 is 1.14 bits per heavy atom. The van der Waals surface area contributed by atoms with Crippen LogP contribution < -0.4 is 14.8 Å². The maximum absolute atomic E-state index is 11.1. The largest absolute Gasteiger partial charge is 0.489 e. The second-order valence-corrected chi connectivity index (χ2v) is 4.53. The average Bonchev–Trinajstić information content (AvgIpc) is 2.58. The Morgan fingerprint density at radius 3 is 2.45 bits per heavy atom. The summed E-state index contributed by atoms with van der Waals surface area (Å²) in [5, 5.41) is 11.2. The zero-order valence-corrected chi connectivity index (χ0v) is 12.2. The van der Waals surface area contributed by atoms with Crippen molar-refractivity contribution in [2.24, 2.45) is 0 Å². The molecule has 1 amide bonds. The molecule has 0 saturated carbocycles. The van der Waals surface area contributed by atoms with Gasteiger partial charge in [0.25, 0.3) is 5.91 Å². The van der Waals surface area contributed by atoms with Crippen molar-refractivity contribution in [1.29, 1.82) is 5.26 Å². The number of carbonyl (C=O) groups is 1. The van der Waals surface area contributed by atoms with Crippen LogP contribution in [0.5, 0.6) is 11.5 Å². The monoisotopic (exact) mass is 296 g/mol. The van der Waals surface area contributed by atoms with Crippen LogP contribution in [-0.4, -0.2) is 19.6 Å². The number of nitriles is 1. The molecular weight excluding hydrogens is 280 g/mol. The van der Waals surface area contributed by atoms with Crippen molar-refractivity contribution in [3.05, 3.63) is 59.7 Å². The predicted octanol–water partition coefficient (Wildman–Crippen LogP) is 2.26. The summed E-state index contributed by atoms with van der Waals surface area (Å²) >= 11 is 0. The lowest BCUT2D eigenvalue weighted by molar-refractivity contribution is -0.122. The normalized spacial score (nSPS) is 9.64. The number of likely N-dealkylation sites (N-methyl/N-ethyl adjacent to an activating group) is 1. The molecule has 0 bridgehead atoms. The topological polar surface area (TPSA) is 71.3 Å². The lowest BCUT2D eigenvalue weighted by atomic mass is 10.2. The fourth-order valence-corrected chi connectivity index (χ4v) is 1.72. The highest BCUT2D eigenvalue weighted by Crippen LogP contribution is 2.20. The maximum Gasteiger partial charge on any atom is 0.257 e. The first-order valence-electron chi connectivity index (χ1n) is 6.76. The minimum atomic E-state index is -0.191. The van der Waals surface area contributed by atoms with Crippen molar-refractivity contribution in [2.75, 3.05) is 13.7 Å². The van der Waals surface area contributed by atoms with Crippen molar-refractivity contribution >= 4 is 5.91 Å². The summed E-state index contributed by atoms with van der Waals surface area (Å²) in [5.41, 5.74) is 1.59. The summed E-state index contributed by atoms with van der Waals surface area (Å²) in [7, 11) is 1.56. The number of hydrogen-bond donors (Lipinski definition) is 1. The molecule has 5 nitrogen and oxygen atoms in total. The van der Waals surface area contributed by atoms with Gasteiger partial charge in [0.05, 0.1) is 11.6 Å². The summed E-state index contributed by atoms with van der Waals surface area (Å²) in [6, 6.07) is 16.4. The van der Waals surface area contributed by atoms with E-state index in [-0.39, 0.29) is 12.5 Å². The van der Waals surface area contributed by atoms with Gasteiger partial charge in [-0.05, 0) is 29.8 Å². The van der Waals surface area contributed by atoms with Crippen LogP contribution in [0.4, 0.5) is 0 Å². The third-order valence-corrected chi connectivity index (χ3v) is 2.94. The van der Waals surface area contributed by atoms with Gasteiger partial charge >= 0.3 is 0 Å². The van der Waals surface area contributed by atoms with E-state index in [0.717, 1.165) is 5.56 Å². The van der Waals surface area contributed by atoms with Crippen LogP contribution in [0.3, 0.4) is 0 Å². The van der Waals surface area contributed by atoms with Gasteiger partial charge in [-0.2, -0.15) is 5.26 Å². The van der Waals surface area contributed by atoms with E-state index in [1.54, 1.807) is 37.4 Å². The minimum absolute atomic E-state index is 0.0322. The number of hydrogen-bond acceptors (Lipinski definition) is 4. The summed E-state index contributed by atoms with van der Waals surface area (Å²) in [4.78, 5) is 11.1. The molecule has 2 aromatic carbocycles. The fourth-order valence-electron chi connectivity index (χ4n) is 1.72. The molecule has 0 heterocycles. The maximum atomic E-state index is 11.1. The molecule has 0 radical (unpaired) electrons. The molecule has 0 aliphatic rings. The van der Waals surface area contributed by atoms with E-state index < -0.39 is 0 Å². The van der Waals surface area contributed by atoms with Crippen LogP contribution in [0.25, 0.3) is 0 Å². The fraction of sp³-hybridized carbons (Fsp3) is 0.176. The van der Waals surface area contributed by atoms with E-state index in [0.29, 0.717) is 23.7 Å². The summed E-state index contributed by atoms with van der Waals surface area (Å²) < 4.78 is 11.0. The van der Waals surface area contributed by atoms with Crippen LogP contribution >= 0.6 is 0 Å². The van der Waals surface area contributed by atoms with Gasteiger partial charge in [0.2, 0.25) is 0 Å². The Kier molecular flexibility index (Phi) is 5.38. The lowest BCUT2D eigenvalue weighted by Gasteiger charge is -2.09. The molecule has 0 aromatic heterocycles. The molecule has 0 atom stereocenters. The average molecular weight is 296 g/mol. The number of benzene rings is 2. The number of amides is 1. The molecule has 0 aliphatic carbocycles. The first-order valence-corrected chi connectivity index (χ1v) is 6.76. The SMILES string of the molecule is CNC(=O)COc1cccc(OCc2ccc(C#N)cc2)c1. The van der Waals surface area contributed by atoms with Gasteiger partial charge in [0, 0.05) is 13.1 Å². The molecule has 0 spiro atoms. The van der Waals surface area contributed by atoms with Crippen LogP contribution in [0.2, 0.25) is 0 Å². The molecule has 22 heavy (non-hydrogen) atoms. The van der Waals surface area contributed by atoms with Crippen LogP contribution in [0.15, 0.2) is 48.5 Å². The molecule has 0 unspecified atom stereocenters. The molecule has 0 fully saturated rings. The van der Waals surface area contributed by atoms with Crippen molar-refractivity contribution in [3.8, 4) is 17.6 Å². The highest BCUT2D eigenvalue weighted by atomic mass is 16.5. The third-order valence-electron chi connectivity index (χ3n) is 2.94. The quantitative estimate of drug-likeness (QED) is 0.887. The van der Waals surface area contributed by atoms with Crippen LogP contribution in [0, 0.1) is 11.3 Å². The molecule has 5 heteroatoms. The van der Waals surface area contributed by atoms with Crippen molar-refractivity contribution in [2.45, 2.75) is 6.61 Å². The van der Waals surface area contributed by atoms with E-state index >= 15 is 0 Å². The van der Waals surface area contributed by atoms with E-state index in [9.17, 15) is 4.79 Å². The van der Waals surface area contributed by atoms with E-state index in [4.69, 9.17) is 14.7 Å². The summed E-state index contributed by atoms with van der Waals surface area (Å²) in [5.74, 6) is 1.03. The number of ether oxygens (including phenoxy) is 2. The van der Waals surface area contributed by atoms with Gasteiger partial charge in [-0.25, -0.2) is 0 Å². The number of carbonyl (C=O) groups excluding carboxylic acids is 1. The Labute approximate surface area is 129 Å². The number of nitrogens with zero attached hydrogens (tertiary/aromatic N) is 1. The summed E-state index contributed by atoms with van der Waals surface area (Å²) in [6.45, 7) is 0.361. The molecule has 2 aromatic rings. The highest BCUT2D eigenvalue weighted by molar-refractivity contribution is 5.77.